The van der Waals surface area contributed by atoms with Gasteiger partial charge < -0.3 is 13.9 Å². The molecule has 1 heterocycles. The molecule has 0 spiro atoms. The second kappa shape index (κ2) is 15.0. The molecule has 0 aliphatic carbocycles. The molecule has 0 N–H and O–H groups in total. The maximum absolute atomic E-state index is 14.6. The third-order valence-corrected chi connectivity index (χ3v) is 7.84. The van der Waals surface area contributed by atoms with Crippen molar-refractivity contribution in [2.45, 2.75) is 86.4 Å². The predicted octanol–water partition coefficient (Wildman–Crippen LogP) is 10.2. The molecule has 258 valence electrons. The molecule has 0 saturated heterocycles. The molecule has 0 bridgehead atoms. The first-order valence-electron chi connectivity index (χ1n) is 16.5. The van der Waals surface area contributed by atoms with E-state index in [4.69, 9.17) is 13.9 Å². The minimum absolute atomic E-state index is 0.0152. The number of alkyl halides is 3. The predicted molar refractivity (Wildman–Crippen MR) is 183 cm³/mol. The van der Waals surface area contributed by atoms with E-state index in [1.54, 1.807) is 24.3 Å². The minimum Gasteiger partial charge on any atom is -0.449 e. The topological polar surface area (TPSA) is 69.0 Å². The molecule has 0 radical (unpaired) electrons. The number of esters is 1. The van der Waals surface area contributed by atoms with Crippen LogP contribution in [0.5, 0.6) is 17.2 Å². The van der Waals surface area contributed by atoms with Crippen LogP contribution in [0.3, 0.4) is 0 Å². The van der Waals surface area contributed by atoms with Gasteiger partial charge in [0.05, 0.1) is 16.5 Å². The number of hydrogen-bond acceptors (Lipinski definition) is 6. The van der Waals surface area contributed by atoms with Crippen molar-refractivity contribution in [3.63, 3.8) is 0 Å². The number of nitrogens with zero attached hydrogens (tertiary/aromatic N) is 1. The SMILES string of the molecule is CCCc1ccc(Oc2c(C(F)(F)F)oc3c(CN(CC(C)C)CC(C)C)c(OC(=O)c4ccc(C(C)(C)C)cc4)ccc3c2=O)cc1. The van der Waals surface area contributed by atoms with Crippen molar-refractivity contribution in [3.8, 4) is 17.2 Å². The van der Waals surface area contributed by atoms with Crippen molar-refractivity contribution in [1.82, 2.24) is 4.90 Å². The first-order valence-corrected chi connectivity index (χ1v) is 16.5. The monoisotopic (exact) mass is 665 g/mol. The highest BCUT2D eigenvalue weighted by Gasteiger charge is 2.41. The Labute approximate surface area is 280 Å². The van der Waals surface area contributed by atoms with Crippen molar-refractivity contribution < 1.29 is 31.9 Å². The number of carbonyl (C=O) groups excluding carboxylic acids is 1. The van der Waals surface area contributed by atoms with E-state index in [0.29, 0.717) is 13.1 Å². The number of aryl methyl sites for hydroxylation is 1. The second-order valence-corrected chi connectivity index (χ2v) is 14.2. The van der Waals surface area contributed by atoms with E-state index in [1.807, 2.05) is 46.8 Å². The maximum atomic E-state index is 14.6. The molecular weight excluding hydrogens is 619 g/mol. The van der Waals surface area contributed by atoms with E-state index < -0.39 is 29.1 Å². The van der Waals surface area contributed by atoms with Gasteiger partial charge in [-0.3, -0.25) is 9.69 Å². The van der Waals surface area contributed by atoms with Crippen LogP contribution in [0.25, 0.3) is 11.0 Å². The number of carbonyl (C=O) groups is 1. The Kier molecular flexibility index (Phi) is 11.5. The zero-order chi connectivity index (χ0) is 35.4. The Morgan fingerprint density at radius 1 is 0.875 bits per heavy atom. The van der Waals surface area contributed by atoms with Gasteiger partial charge >= 0.3 is 12.1 Å². The van der Waals surface area contributed by atoms with Crippen LogP contribution >= 0.6 is 0 Å². The first kappa shape index (κ1) is 36.7. The lowest BCUT2D eigenvalue weighted by Gasteiger charge is -2.27. The Hall–Kier alpha value is -4.11. The van der Waals surface area contributed by atoms with Crippen LogP contribution in [-0.4, -0.2) is 24.0 Å². The average Bonchev–Trinajstić information content (AvgIpc) is 2.99. The number of benzene rings is 3. The molecule has 9 heteroatoms. The summed E-state index contributed by atoms with van der Waals surface area (Å²) < 4.78 is 60.9. The van der Waals surface area contributed by atoms with Crippen LogP contribution in [0.1, 0.15) is 94.6 Å². The van der Waals surface area contributed by atoms with E-state index in [0.717, 1.165) is 24.0 Å². The Morgan fingerprint density at radius 2 is 1.48 bits per heavy atom. The van der Waals surface area contributed by atoms with Crippen LogP contribution in [0.4, 0.5) is 13.2 Å². The average molecular weight is 666 g/mol. The number of halogens is 3. The fourth-order valence-electron chi connectivity index (χ4n) is 5.66. The van der Waals surface area contributed by atoms with Gasteiger partial charge in [0, 0.05) is 19.6 Å². The lowest BCUT2D eigenvalue weighted by molar-refractivity contribution is -0.154. The van der Waals surface area contributed by atoms with E-state index in [9.17, 15) is 22.8 Å². The number of ether oxygens (including phenoxy) is 2. The minimum atomic E-state index is -5.06. The summed E-state index contributed by atoms with van der Waals surface area (Å²) in [6.45, 7) is 17.7. The highest BCUT2D eigenvalue weighted by atomic mass is 19.4. The van der Waals surface area contributed by atoms with Crippen molar-refractivity contribution in [2.24, 2.45) is 11.8 Å². The van der Waals surface area contributed by atoms with Gasteiger partial charge in [-0.1, -0.05) is 86.1 Å². The molecule has 0 aliphatic rings. The summed E-state index contributed by atoms with van der Waals surface area (Å²) >= 11 is 0. The van der Waals surface area contributed by atoms with Gasteiger partial charge in [0.25, 0.3) is 5.76 Å². The first-order chi connectivity index (χ1) is 22.5. The number of hydrogen-bond donors (Lipinski definition) is 0. The van der Waals surface area contributed by atoms with Crippen LogP contribution in [0.2, 0.25) is 0 Å². The van der Waals surface area contributed by atoms with Crippen molar-refractivity contribution in [3.05, 3.63) is 98.9 Å². The lowest BCUT2D eigenvalue weighted by atomic mass is 9.87. The Morgan fingerprint density at radius 3 is 2.00 bits per heavy atom. The van der Waals surface area contributed by atoms with Gasteiger partial charge in [-0.25, -0.2) is 4.79 Å². The lowest BCUT2D eigenvalue weighted by Crippen LogP contribution is -2.31. The summed E-state index contributed by atoms with van der Waals surface area (Å²) in [5, 5.41) is -0.112. The molecule has 0 saturated carbocycles. The maximum Gasteiger partial charge on any atom is 0.453 e. The molecular formula is C39H46F3NO5. The van der Waals surface area contributed by atoms with Gasteiger partial charge in [-0.05, 0) is 71.2 Å². The van der Waals surface area contributed by atoms with Crippen molar-refractivity contribution in [1.29, 1.82) is 0 Å². The zero-order valence-electron chi connectivity index (χ0n) is 29.1. The highest BCUT2D eigenvalue weighted by Crippen LogP contribution is 2.40. The van der Waals surface area contributed by atoms with Crippen molar-refractivity contribution >= 4 is 16.9 Å². The summed E-state index contributed by atoms with van der Waals surface area (Å²) in [6.07, 6.45) is -3.35. The normalized spacial score (nSPS) is 12.4. The van der Waals surface area contributed by atoms with Gasteiger partial charge in [-0.15, -0.1) is 0 Å². The molecule has 0 fully saturated rings. The molecule has 0 aliphatic heterocycles. The highest BCUT2D eigenvalue weighted by molar-refractivity contribution is 5.92. The summed E-state index contributed by atoms with van der Waals surface area (Å²) in [5.41, 5.74) is 1.07. The van der Waals surface area contributed by atoms with E-state index >= 15 is 0 Å². The molecule has 0 unspecified atom stereocenters. The third-order valence-electron chi connectivity index (χ3n) is 7.84. The quantitative estimate of drug-likeness (QED) is 0.111. The summed E-state index contributed by atoms with van der Waals surface area (Å²) in [6, 6.07) is 16.3. The van der Waals surface area contributed by atoms with E-state index in [2.05, 4.69) is 25.7 Å². The molecule has 0 amide bonds. The summed E-state index contributed by atoms with van der Waals surface area (Å²) in [7, 11) is 0. The van der Waals surface area contributed by atoms with Crippen LogP contribution < -0.4 is 14.9 Å². The van der Waals surface area contributed by atoms with Gasteiger partial charge in [-0.2, -0.15) is 13.2 Å². The molecule has 0 atom stereocenters. The molecule has 4 aromatic rings. The fourth-order valence-corrected chi connectivity index (χ4v) is 5.66. The van der Waals surface area contributed by atoms with E-state index in [-0.39, 0.29) is 57.4 Å². The van der Waals surface area contributed by atoms with Crippen molar-refractivity contribution in [2.75, 3.05) is 13.1 Å². The molecule has 1 aromatic heterocycles. The molecule has 6 nitrogen and oxygen atoms in total. The fraction of sp³-hybridized carbons (Fsp3) is 0.436. The smallest absolute Gasteiger partial charge is 0.449 e. The van der Waals surface area contributed by atoms with Crippen LogP contribution in [0, 0.1) is 11.8 Å². The standard InChI is InChI=1S/C39H46F3NO5/c1-9-10-26-11-17-29(18-12-26)46-35-33(44)30-19-20-32(47-37(45)27-13-15-28(16-14-27)38(6,7)8)31(34(30)48-36(35)39(40,41)42)23-43(21-24(2)3)22-25(4)5/h11-20,24-25H,9-10,21-23H2,1-8H3. The second-order valence-electron chi connectivity index (χ2n) is 14.2. The molecule has 3 aromatic carbocycles. The Balaban J connectivity index is 1.88. The van der Waals surface area contributed by atoms with Gasteiger partial charge in [0.15, 0.2) is 0 Å². The summed E-state index contributed by atoms with van der Waals surface area (Å²) in [4.78, 5) is 29.3. The number of fused-ring (bicyclic) bond motifs is 1. The number of rotatable bonds is 12. The van der Waals surface area contributed by atoms with Crippen LogP contribution in [-0.2, 0) is 24.6 Å². The van der Waals surface area contributed by atoms with Crippen LogP contribution in [0.15, 0.2) is 69.9 Å². The largest absolute Gasteiger partial charge is 0.453 e. The van der Waals surface area contributed by atoms with Gasteiger partial charge in [0.1, 0.15) is 17.1 Å². The molecule has 4 rings (SSSR count). The zero-order valence-corrected chi connectivity index (χ0v) is 29.1. The molecule has 48 heavy (non-hydrogen) atoms. The van der Waals surface area contributed by atoms with E-state index in [1.165, 1.54) is 24.3 Å². The van der Waals surface area contributed by atoms with Gasteiger partial charge in [0.2, 0.25) is 11.2 Å². The third kappa shape index (κ3) is 9.07. The Bertz CT molecular complexity index is 1760. The summed E-state index contributed by atoms with van der Waals surface area (Å²) in [5.74, 6) is -2.63.